The van der Waals surface area contributed by atoms with Gasteiger partial charge in [0, 0.05) is 0 Å². The van der Waals surface area contributed by atoms with Crippen molar-refractivity contribution in [3.8, 4) is 0 Å². The van der Waals surface area contributed by atoms with Gasteiger partial charge < -0.3 is 0 Å². The van der Waals surface area contributed by atoms with Gasteiger partial charge in [0.15, 0.2) is 0 Å². The second-order valence-electron chi connectivity index (χ2n) is 2.49. The molecule has 1 unspecified atom stereocenters. The highest BCUT2D eigenvalue weighted by atomic mass is 16.1. The largest absolute Gasteiger partial charge is 0.240 e. The molecular formula is C9H6N4O4. The molecule has 0 bridgehead atoms. The minimum atomic E-state index is -0.831. The summed E-state index contributed by atoms with van der Waals surface area (Å²) in [4.78, 5) is 52.9. The van der Waals surface area contributed by atoms with E-state index >= 15 is 0 Å². The number of isocyanates is 4. The summed E-state index contributed by atoms with van der Waals surface area (Å²) >= 11 is 0. The highest BCUT2D eigenvalue weighted by Crippen LogP contribution is 2.02. The molecule has 0 saturated carbocycles. The van der Waals surface area contributed by atoms with Gasteiger partial charge in [-0.25, -0.2) is 24.2 Å². The number of rotatable bonds is 7. The summed E-state index contributed by atoms with van der Waals surface area (Å²) in [5.41, 5.74) is 0.0495. The van der Waals surface area contributed by atoms with Crippen LogP contribution in [0.1, 0.15) is 0 Å². The lowest BCUT2D eigenvalue weighted by Gasteiger charge is -2.00. The van der Waals surface area contributed by atoms with Crippen LogP contribution in [0.5, 0.6) is 0 Å². The Kier molecular flexibility index (Phi) is 8.22. The topological polar surface area (TPSA) is 118 Å². The molecule has 17 heavy (non-hydrogen) atoms. The van der Waals surface area contributed by atoms with Crippen molar-refractivity contribution >= 4 is 24.3 Å². The molecule has 0 aromatic carbocycles. The fraction of sp³-hybridized carbons (Fsp3) is 0.333. The lowest BCUT2D eigenvalue weighted by atomic mass is 10.2. The van der Waals surface area contributed by atoms with Crippen molar-refractivity contribution < 1.29 is 19.2 Å². The van der Waals surface area contributed by atoms with Crippen molar-refractivity contribution in [1.82, 2.24) is 0 Å². The molecule has 0 fully saturated rings. The van der Waals surface area contributed by atoms with E-state index in [4.69, 9.17) is 0 Å². The van der Waals surface area contributed by atoms with Gasteiger partial charge in [-0.05, 0) is 6.08 Å². The molecule has 0 N–H and O–H groups in total. The van der Waals surface area contributed by atoms with E-state index in [1.807, 2.05) is 0 Å². The zero-order valence-electron chi connectivity index (χ0n) is 8.49. The van der Waals surface area contributed by atoms with E-state index in [9.17, 15) is 19.2 Å². The first-order chi connectivity index (χ1) is 8.28. The lowest BCUT2D eigenvalue weighted by molar-refractivity contribution is 0.556. The van der Waals surface area contributed by atoms with Crippen molar-refractivity contribution in [3.63, 3.8) is 0 Å². The molecule has 0 radical (unpaired) electrons. The van der Waals surface area contributed by atoms with Crippen LogP contribution in [0.15, 0.2) is 31.7 Å². The molecular weight excluding hydrogens is 228 g/mol. The van der Waals surface area contributed by atoms with Crippen molar-refractivity contribution in [3.05, 3.63) is 11.8 Å². The fourth-order valence-electron chi connectivity index (χ4n) is 0.849. The summed E-state index contributed by atoms with van der Waals surface area (Å²) in [5.74, 6) is 0. The predicted octanol–water partition coefficient (Wildman–Crippen LogP) is -0.418. The Balaban J connectivity index is 5.03. The number of hydrogen-bond acceptors (Lipinski definition) is 8. The first-order valence-electron chi connectivity index (χ1n) is 4.21. The summed E-state index contributed by atoms with van der Waals surface area (Å²) in [6.07, 6.45) is 6.28. The van der Waals surface area contributed by atoms with Gasteiger partial charge in [-0.15, -0.1) is 0 Å². The molecule has 0 amide bonds. The molecule has 0 aliphatic rings. The zero-order chi connectivity index (χ0) is 12.9. The highest BCUT2D eigenvalue weighted by Gasteiger charge is 2.05. The van der Waals surface area contributed by atoms with E-state index in [1.165, 1.54) is 30.4 Å². The maximum absolute atomic E-state index is 10.1. The summed E-state index contributed by atoms with van der Waals surface area (Å²) in [5, 5.41) is 0. The minimum absolute atomic E-state index is 0.0495. The Labute approximate surface area is 95.2 Å². The van der Waals surface area contributed by atoms with Crippen LogP contribution in [-0.2, 0) is 19.2 Å². The molecule has 0 saturated heterocycles. The Hall–Kier alpha value is -2.74. The third kappa shape index (κ3) is 7.22. The van der Waals surface area contributed by atoms with Gasteiger partial charge in [0.2, 0.25) is 24.3 Å². The van der Waals surface area contributed by atoms with Crippen molar-refractivity contribution in [2.45, 2.75) is 6.04 Å². The predicted molar refractivity (Wildman–Crippen MR) is 54.1 cm³/mol. The number of nitrogens with zero attached hydrogens (tertiary/aromatic N) is 4. The maximum Gasteiger partial charge on any atom is 0.240 e. The quantitative estimate of drug-likeness (QED) is 0.439. The molecule has 0 aromatic heterocycles. The molecule has 0 aliphatic heterocycles. The highest BCUT2D eigenvalue weighted by molar-refractivity contribution is 5.40. The van der Waals surface area contributed by atoms with Crippen LogP contribution in [0.2, 0.25) is 0 Å². The summed E-state index contributed by atoms with van der Waals surface area (Å²) in [7, 11) is 0. The van der Waals surface area contributed by atoms with E-state index in [2.05, 4.69) is 20.0 Å². The van der Waals surface area contributed by atoms with Crippen LogP contribution in [-0.4, -0.2) is 43.5 Å². The van der Waals surface area contributed by atoms with Gasteiger partial charge >= 0.3 is 0 Å². The average Bonchev–Trinajstić information content (AvgIpc) is 2.33. The molecule has 0 spiro atoms. The van der Waals surface area contributed by atoms with E-state index in [0.29, 0.717) is 0 Å². The molecule has 8 nitrogen and oxygen atoms in total. The van der Waals surface area contributed by atoms with E-state index in [0.717, 1.165) is 0 Å². The summed E-state index contributed by atoms with van der Waals surface area (Å²) < 4.78 is 0. The average molecular weight is 234 g/mol. The SMILES string of the molecule is O=C=NCC(=CC(CN=C=O)N=C=O)N=C=O. The van der Waals surface area contributed by atoms with Crippen LogP contribution < -0.4 is 0 Å². The van der Waals surface area contributed by atoms with Gasteiger partial charge in [-0.2, -0.15) is 15.0 Å². The molecule has 0 aliphatic carbocycles. The molecule has 0 aromatic rings. The Bertz CT molecular complexity index is 473. The van der Waals surface area contributed by atoms with Crippen LogP contribution in [0.4, 0.5) is 0 Å². The first-order valence-corrected chi connectivity index (χ1v) is 4.21. The van der Waals surface area contributed by atoms with Crippen LogP contribution in [0.25, 0.3) is 0 Å². The molecule has 8 heteroatoms. The lowest BCUT2D eigenvalue weighted by Crippen LogP contribution is -2.06. The maximum atomic E-state index is 10.1. The second-order valence-corrected chi connectivity index (χ2v) is 2.49. The molecule has 1 atom stereocenters. The smallest absolute Gasteiger partial charge is 0.211 e. The standard InChI is InChI=1S/C9H6N4O4/c14-4-10-2-8(12-6-16)1-9(13-7-17)3-11-5-15/h1,8H,2-3H2. The third-order valence-corrected chi connectivity index (χ3v) is 1.44. The monoisotopic (exact) mass is 234 g/mol. The van der Waals surface area contributed by atoms with E-state index < -0.39 is 6.04 Å². The third-order valence-electron chi connectivity index (χ3n) is 1.44. The molecule has 86 valence electrons. The van der Waals surface area contributed by atoms with E-state index in [1.54, 1.807) is 0 Å². The second kappa shape index (κ2) is 9.80. The summed E-state index contributed by atoms with van der Waals surface area (Å²) in [6, 6.07) is -0.831. The van der Waals surface area contributed by atoms with Crippen molar-refractivity contribution in [2.24, 2.45) is 20.0 Å². The van der Waals surface area contributed by atoms with Gasteiger partial charge in [-0.1, -0.05) is 0 Å². The normalized spacial score (nSPS) is 10.9. The van der Waals surface area contributed by atoms with Gasteiger partial charge in [0.1, 0.15) is 6.04 Å². The Morgan fingerprint density at radius 1 is 1.00 bits per heavy atom. The number of hydrogen-bond donors (Lipinski definition) is 0. The minimum Gasteiger partial charge on any atom is -0.211 e. The zero-order valence-corrected chi connectivity index (χ0v) is 8.49. The molecule has 0 rings (SSSR count). The number of aliphatic imine (C=N–C) groups is 4. The van der Waals surface area contributed by atoms with Crippen LogP contribution in [0.3, 0.4) is 0 Å². The van der Waals surface area contributed by atoms with Crippen molar-refractivity contribution in [2.75, 3.05) is 13.1 Å². The van der Waals surface area contributed by atoms with E-state index in [-0.39, 0.29) is 18.8 Å². The first kappa shape index (κ1) is 14.3. The Morgan fingerprint density at radius 3 is 2.24 bits per heavy atom. The van der Waals surface area contributed by atoms with Crippen LogP contribution >= 0.6 is 0 Å². The summed E-state index contributed by atoms with van der Waals surface area (Å²) in [6.45, 7) is -0.365. The van der Waals surface area contributed by atoms with Gasteiger partial charge in [0.05, 0.1) is 18.8 Å². The van der Waals surface area contributed by atoms with Crippen LogP contribution in [0, 0.1) is 0 Å². The molecule has 0 heterocycles. The van der Waals surface area contributed by atoms with Gasteiger partial charge in [-0.3, -0.25) is 0 Å². The Morgan fingerprint density at radius 2 is 1.71 bits per heavy atom. The van der Waals surface area contributed by atoms with Gasteiger partial charge in [0.25, 0.3) is 0 Å². The van der Waals surface area contributed by atoms with Crippen molar-refractivity contribution in [1.29, 1.82) is 0 Å². The fourth-order valence-corrected chi connectivity index (χ4v) is 0.849. The number of carbonyl (C=O) groups excluding carboxylic acids is 4.